The van der Waals surface area contributed by atoms with Crippen molar-refractivity contribution in [2.75, 3.05) is 39.3 Å². The summed E-state index contributed by atoms with van der Waals surface area (Å²) in [5.41, 5.74) is 1.03. The lowest BCUT2D eigenvalue weighted by atomic mass is 9.97. The van der Waals surface area contributed by atoms with E-state index in [1.165, 1.54) is 4.31 Å². The molecule has 0 saturated carbocycles. The number of aryl methyl sites for hydroxylation is 1. The fourth-order valence-corrected chi connectivity index (χ4v) is 5.64. The van der Waals surface area contributed by atoms with Crippen molar-refractivity contribution in [2.45, 2.75) is 50.7 Å². The average Bonchev–Trinajstić information content (AvgIpc) is 2.67. The normalized spacial score (nSPS) is 25.1. The van der Waals surface area contributed by atoms with Crippen LogP contribution in [-0.4, -0.2) is 75.0 Å². The summed E-state index contributed by atoms with van der Waals surface area (Å²) in [4.78, 5) is 15.1. The third kappa shape index (κ3) is 5.78. The summed E-state index contributed by atoms with van der Waals surface area (Å²) < 4.78 is 32.8. The Morgan fingerprint density at radius 2 is 1.69 bits per heavy atom. The SMILES string of the molecule is Cc1ccc(S(=O)(=O)N2CCC(C(=O)NCCN3CC(C)OC(C)C3)CC2)cc1. The number of carbonyl (C=O) groups excluding carboxylic acids is 1. The van der Waals surface area contributed by atoms with Gasteiger partial charge < -0.3 is 10.1 Å². The number of carbonyl (C=O) groups is 1. The molecule has 0 spiro atoms. The average molecular weight is 424 g/mol. The Balaban J connectivity index is 1.44. The number of hydrogen-bond acceptors (Lipinski definition) is 5. The molecule has 29 heavy (non-hydrogen) atoms. The van der Waals surface area contributed by atoms with Gasteiger partial charge in [0.05, 0.1) is 17.1 Å². The first-order valence-corrected chi connectivity index (χ1v) is 11.9. The monoisotopic (exact) mass is 423 g/mol. The summed E-state index contributed by atoms with van der Waals surface area (Å²) in [5.74, 6) is -0.0891. The molecule has 1 aromatic carbocycles. The van der Waals surface area contributed by atoms with E-state index in [0.29, 0.717) is 37.4 Å². The van der Waals surface area contributed by atoms with Gasteiger partial charge in [-0.05, 0) is 45.7 Å². The number of hydrogen-bond donors (Lipinski definition) is 1. The maximum atomic E-state index is 12.8. The van der Waals surface area contributed by atoms with Crippen molar-refractivity contribution in [2.24, 2.45) is 5.92 Å². The summed E-state index contributed by atoms with van der Waals surface area (Å²) >= 11 is 0. The standard InChI is InChI=1S/C21H33N3O4S/c1-16-4-6-20(7-5-16)29(26,27)24-11-8-19(9-12-24)21(25)22-10-13-23-14-17(2)28-18(3)15-23/h4-7,17-19H,8-15H2,1-3H3,(H,22,25). The Hall–Kier alpha value is -1.48. The van der Waals surface area contributed by atoms with E-state index in [1.807, 2.05) is 19.1 Å². The minimum Gasteiger partial charge on any atom is -0.373 e. The molecule has 2 saturated heterocycles. The van der Waals surface area contributed by atoms with E-state index < -0.39 is 10.0 Å². The van der Waals surface area contributed by atoms with Gasteiger partial charge in [-0.15, -0.1) is 0 Å². The molecule has 0 radical (unpaired) electrons. The van der Waals surface area contributed by atoms with Crippen LogP contribution in [0.25, 0.3) is 0 Å². The van der Waals surface area contributed by atoms with Crippen LogP contribution in [0.2, 0.25) is 0 Å². The molecule has 1 aromatic rings. The fraction of sp³-hybridized carbons (Fsp3) is 0.667. The number of ether oxygens (including phenoxy) is 1. The molecule has 7 nitrogen and oxygen atoms in total. The Morgan fingerprint density at radius 3 is 2.28 bits per heavy atom. The number of nitrogens with one attached hydrogen (secondary N) is 1. The molecule has 0 aliphatic carbocycles. The predicted octanol–water partition coefficient (Wildman–Crippen LogP) is 1.62. The van der Waals surface area contributed by atoms with Crippen molar-refractivity contribution in [1.29, 1.82) is 0 Å². The molecule has 2 fully saturated rings. The summed E-state index contributed by atoms with van der Waals surface area (Å²) in [6.45, 7) is 10.0. The van der Waals surface area contributed by atoms with Crippen molar-refractivity contribution in [3.63, 3.8) is 0 Å². The Bertz CT molecular complexity index is 779. The number of piperidine rings is 1. The Morgan fingerprint density at radius 1 is 1.10 bits per heavy atom. The molecule has 0 aromatic heterocycles. The highest BCUT2D eigenvalue weighted by atomic mass is 32.2. The molecule has 8 heteroatoms. The summed E-state index contributed by atoms with van der Waals surface area (Å²) in [6, 6.07) is 6.92. The number of benzene rings is 1. The van der Waals surface area contributed by atoms with E-state index in [0.717, 1.165) is 25.2 Å². The first kappa shape index (κ1) is 22.2. The first-order valence-electron chi connectivity index (χ1n) is 10.5. The largest absolute Gasteiger partial charge is 0.373 e. The number of amides is 1. The molecule has 2 atom stereocenters. The number of rotatable bonds is 6. The van der Waals surface area contributed by atoms with Gasteiger partial charge in [0.15, 0.2) is 0 Å². The molecule has 2 unspecified atom stereocenters. The maximum absolute atomic E-state index is 12.8. The lowest BCUT2D eigenvalue weighted by Crippen LogP contribution is -2.48. The summed E-state index contributed by atoms with van der Waals surface area (Å²) in [6.07, 6.45) is 1.55. The minimum atomic E-state index is -3.49. The van der Waals surface area contributed by atoms with E-state index in [4.69, 9.17) is 4.74 Å². The highest BCUT2D eigenvalue weighted by Crippen LogP contribution is 2.24. The van der Waals surface area contributed by atoms with E-state index in [1.54, 1.807) is 12.1 Å². The zero-order chi connectivity index (χ0) is 21.0. The highest BCUT2D eigenvalue weighted by Gasteiger charge is 2.32. The van der Waals surface area contributed by atoms with Crippen LogP contribution in [0, 0.1) is 12.8 Å². The zero-order valence-corrected chi connectivity index (χ0v) is 18.5. The van der Waals surface area contributed by atoms with Crippen molar-refractivity contribution >= 4 is 15.9 Å². The van der Waals surface area contributed by atoms with Gasteiger partial charge in [-0.25, -0.2) is 8.42 Å². The molecule has 1 amide bonds. The van der Waals surface area contributed by atoms with Gasteiger partial charge in [0.25, 0.3) is 0 Å². The molecule has 2 aliphatic rings. The number of morpholine rings is 1. The maximum Gasteiger partial charge on any atom is 0.243 e. The van der Waals surface area contributed by atoms with Gasteiger partial charge in [-0.3, -0.25) is 9.69 Å². The van der Waals surface area contributed by atoms with E-state index >= 15 is 0 Å². The highest BCUT2D eigenvalue weighted by molar-refractivity contribution is 7.89. The quantitative estimate of drug-likeness (QED) is 0.752. The van der Waals surface area contributed by atoms with E-state index in [9.17, 15) is 13.2 Å². The van der Waals surface area contributed by atoms with Crippen molar-refractivity contribution < 1.29 is 17.9 Å². The molecule has 3 rings (SSSR count). The van der Waals surface area contributed by atoms with Crippen LogP contribution in [0.3, 0.4) is 0 Å². The van der Waals surface area contributed by atoms with Gasteiger partial charge in [0.2, 0.25) is 15.9 Å². The van der Waals surface area contributed by atoms with Crippen molar-refractivity contribution in [1.82, 2.24) is 14.5 Å². The van der Waals surface area contributed by atoms with Crippen LogP contribution in [-0.2, 0) is 19.6 Å². The van der Waals surface area contributed by atoms with Gasteiger partial charge in [0, 0.05) is 45.2 Å². The first-order chi connectivity index (χ1) is 13.8. The second-order valence-corrected chi connectivity index (χ2v) is 10.2. The minimum absolute atomic E-state index is 0.0340. The van der Waals surface area contributed by atoms with Crippen LogP contribution in [0.4, 0.5) is 0 Å². The summed E-state index contributed by atoms with van der Waals surface area (Å²) in [7, 11) is -3.49. The van der Waals surface area contributed by atoms with Gasteiger partial charge in [0.1, 0.15) is 0 Å². The van der Waals surface area contributed by atoms with Crippen LogP contribution in [0.5, 0.6) is 0 Å². The Labute approximate surface area is 174 Å². The number of nitrogens with zero attached hydrogens (tertiary/aromatic N) is 2. The predicted molar refractivity (Wildman–Crippen MR) is 112 cm³/mol. The van der Waals surface area contributed by atoms with E-state index in [-0.39, 0.29) is 24.0 Å². The molecule has 0 bridgehead atoms. The molecular weight excluding hydrogens is 390 g/mol. The lowest BCUT2D eigenvalue weighted by Gasteiger charge is -2.35. The van der Waals surface area contributed by atoms with Crippen LogP contribution in [0.1, 0.15) is 32.3 Å². The Kier molecular flexibility index (Phi) is 7.32. The third-order valence-corrected chi connectivity index (χ3v) is 7.62. The smallest absolute Gasteiger partial charge is 0.243 e. The van der Waals surface area contributed by atoms with Crippen molar-refractivity contribution in [3.8, 4) is 0 Å². The molecule has 2 aliphatic heterocycles. The van der Waals surface area contributed by atoms with Crippen LogP contribution >= 0.6 is 0 Å². The van der Waals surface area contributed by atoms with Gasteiger partial charge in [-0.2, -0.15) is 4.31 Å². The second-order valence-electron chi connectivity index (χ2n) is 8.30. The van der Waals surface area contributed by atoms with Crippen molar-refractivity contribution in [3.05, 3.63) is 29.8 Å². The van der Waals surface area contributed by atoms with E-state index in [2.05, 4.69) is 24.1 Å². The van der Waals surface area contributed by atoms with Crippen LogP contribution in [0.15, 0.2) is 29.2 Å². The fourth-order valence-electron chi connectivity index (χ4n) is 4.17. The summed E-state index contributed by atoms with van der Waals surface area (Å²) in [5, 5.41) is 3.03. The van der Waals surface area contributed by atoms with Crippen LogP contribution < -0.4 is 5.32 Å². The topological polar surface area (TPSA) is 79.0 Å². The third-order valence-electron chi connectivity index (χ3n) is 5.71. The number of sulfonamides is 1. The molecule has 2 heterocycles. The molecule has 1 N–H and O–H groups in total. The lowest BCUT2D eigenvalue weighted by molar-refractivity contribution is -0.126. The molecular formula is C21H33N3O4S. The second kappa shape index (κ2) is 9.55. The van der Waals surface area contributed by atoms with Gasteiger partial charge in [-0.1, -0.05) is 17.7 Å². The zero-order valence-electron chi connectivity index (χ0n) is 17.6. The van der Waals surface area contributed by atoms with Gasteiger partial charge >= 0.3 is 0 Å². The molecule has 162 valence electrons.